The summed E-state index contributed by atoms with van der Waals surface area (Å²) in [6.07, 6.45) is 0. The summed E-state index contributed by atoms with van der Waals surface area (Å²) in [5, 5.41) is 4.79. The number of benzene rings is 2. The molecule has 19 heavy (non-hydrogen) atoms. The molecule has 5 heteroatoms. The second-order valence-corrected chi connectivity index (χ2v) is 6.59. The van der Waals surface area contributed by atoms with Gasteiger partial charge in [0.25, 0.3) is 0 Å². The van der Waals surface area contributed by atoms with E-state index in [9.17, 15) is 0 Å². The van der Waals surface area contributed by atoms with Crippen LogP contribution in [0.2, 0.25) is 5.02 Å². The van der Waals surface area contributed by atoms with Gasteiger partial charge in [0.15, 0.2) is 5.13 Å². The summed E-state index contributed by atoms with van der Waals surface area (Å²) in [5.74, 6) is 0. The molecule has 2 aromatic carbocycles. The highest BCUT2D eigenvalue weighted by Gasteiger charge is 2.06. The van der Waals surface area contributed by atoms with Crippen LogP contribution in [-0.4, -0.2) is 4.98 Å². The van der Waals surface area contributed by atoms with Crippen molar-refractivity contribution in [1.29, 1.82) is 0 Å². The van der Waals surface area contributed by atoms with Crippen molar-refractivity contribution in [3.05, 3.63) is 51.5 Å². The number of aryl methyl sites for hydroxylation is 1. The van der Waals surface area contributed by atoms with Gasteiger partial charge in [-0.2, -0.15) is 0 Å². The number of thiazole rings is 1. The summed E-state index contributed by atoms with van der Waals surface area (Å²) >= 11 is 11.2. The normalized spacial score (nSPS) is 10.9. The third-order valence-electron chi connectivity index (χ3n) is 2.72. The second-order valence-electron chi connectivity index (χ2n) is 4.24. The van der Waals surface area contributed by atoms with Crippen LogP contribution in [0.25, 0.3) is 10.2 Å². The van der Waals surface area contributed by atoms with Gasteiger partial charge in [-0.15, -0.1) is 0 Å². The number of anilines is 2. The molecule has 0 amide bonds. The van der Waals surface area contributed by atoms with Gasteiger partial charge >= 0.3 is 0 Å². The highest BCUT2D eigenvalue weighted by atomic mass is 79.9. The van der Waals surface area contributed by atoms with Crippen molar-refractivity contribution < 1.29 is 0 Å². The molecule has 0 aliphatic carbocycles. The first-order valence-electron chi connectivity index (χ1n) is 5.71. The van der Waals surface area contributed by atoms with Crippen LogP contribution in [0.5, 0.6) is 0 Å². The standard InChI is InChI=1S/C14H10BrClN2S/c1-8-2-4-12-13(6-8)19-14(18-12)17-11-5-3-9(15)7-10(11)16/h2-7H,1H3,(H,17,18). The van der Waals surface area contributed by atoms with Crippen molar-refractivity contribution in [2.45, 2.75) is 6.92 Å². The molecule has 1 heterocycles. The van der Waals surface area contributed by atoms with Gasteiger partial charge in [-0.3, -0.25) is 0 Å². The summed E-state index contributed by atoms with van der Waals surface area (Å²) in [7, 11) is 0. The van der Waals surface area contributed by atoms with Crippen molar-refractivity contribution in [3.8, 4) is 0 Å². The predicted octanol–water partition coefficient (Wildman–Crippen LogP) is 5.76. The van der Waals surface area contributed by atoms with E-state index < -0.39 is 0 Å². The zero-order valence-electron chi connectivity index (χ0n) is 10.1. The molecule has 0 fully saturated rings. The number of rotatable bonds is 2. The third kappa shape index (κ3) is 2.76. The largest absolute Gasteiger partial charge is 0.330 e. The molecular weight excluding hydrogens is 344 g/mol. The van der Waals surface area contributed by atoms with Gasteiger partial charge in [0.05, 0.1) is 20.9 Å². The number of hydrogen-bond acceptors (Lipinski definition) is 3. The van der Waals surface area contributed by atoms with E-state index in [-0.39, 0.29) is 0 Å². The Morgan fingerprint density at radius 2 is 2.05 bits per heavy atom. The van der Waals surface area contributed by atoms with Crippen LogP contribution in [0.3, 0.4) is 0 Å². The molecular formula is C14H10BrClN2S. The molecule has 0 spiro atoms. The highest BCUT2D eigenvalue weighted by molar-refractivity contribution is 9.10. The molecule has 3 rings (SSSR count). The molecule has 0 bridgehead atoms. The van der Waals surface area contributed by atoms with E-state index in [1.54, 1.807) is 11.3 Å². The molecule has 0 unspecified atom stereocenters. The number of fused-ring (bicyclic) bond motifs is 1. The van der Waals surface area contributed by atoms with Gasteiger partial charge in [0.1, 0.15) is 0 Å². The van der Waals surface area contributed by atoms with Crippen molar-refractivity contribution in [1.82, 2.24) is 4.98 Å². The van der Waals surface area contributed by atoms with Crippen LogP contribution in [0.15, 0.2) is 40.9 Å². The minimum Gasteiger partial charge on any atom is -0.330 e. The van der Waals surface area contributed by atoms with Crippen LogP contribution in [-0.2, 0) is 0 Å². The summed E-state index contributed by atoms with van der Waals surface area (Å²) in [5.41, 5.74) is 3.11. The fraction of sp³-hybridized carbons (Fsp3) is 0.0714. The number of aromatic nitrogens is 1. The Morgan fingerprint density at radius 1 is 1.21 bits per heavy atom. The average molecular weight is 354 g/mol. The zero-order valence-corrected chi connectivity index (χ0v) is 13.2. The molecule has 0 saturated heterocycles. The minimum absolute atomic E-state index is 0.671. The Kier molecular flexibility index (Phi) is 3.48. The minimum atomic E-state index is 0.671. The van der Waals surface area contributed by atoms with E-state index in [1.165, 1.54) is 10.3 Å². The van der Waals surface area contributed by atoms with E-state index in [0.717, 1.165) is 20.8 Å². The third-order valence-corrected chi connectivity index (χ3v) is 4.46. The van der Waals surface area contributed by atoms with Gasteiger partial charge in [-0.1, -0.05) is 44.9 Å². The van der Waals surface area contributed by atoms with Gasteiger partial charge in [-0.05, 0) is 42.8 Å². The molecule has 1 N–H and O–H groups in total. The fourth-order valence-electron chi connectivity index (χ4n) is 1.79. The van der Waals surface area contributed by atoms with Crippen molar-refractivity contribution in [2.75, 3.05) is 5.32 Å². The van der Waals surface area contributed by atoms with E-state index in [0.29, 0.717) is 5.02 Å². The lowest BCUT2D eigenvalue weighted by molar-refractivity contribution is 1.43. The molecule has 0 radical (unpaired) electrons. The predicted molar refractivity (Wildman–Crippen MR) is 86.8 cm³/mol. The number of halogens is 2. The van der Waals surface area contributed by atoms with Gasteiger partial charge < -0.3 is 5.32 Å². The first kappa shape index (κ1) is 12.9. The Hall–Kier alpha value is -1.10. The smallest absolute Gasteiger partial charge is 0.188 e. The monoisotopic (exact) mass is 352 g/mol. The number of nitrogens with one attached hydrogen (secondary N) is 1. The number of hydrogen-bond donors (Lipinski definition) is 1. The Labute approximate surface area is 128 Å². The molecule has 0 atom stereocenters. The fourth-order valence-corrected chi connectivity index (χ4v) is 3.49. The van der Waals surface area contributed by atoms with Gasteiger partial charge in [-0.25, -0.2) is 4.98 Å². The quantitative estimate of drug-likeness (QED) is 0.633. The second kappa shape index (κ2) is 5.12. The van der Waals surface area contributed by atoms with Crippen LogP contribution in [0.1, 0.15) is 5.56 Å². The highest BCUT2D eigenvalue weighted by Crippen LogP contribution is 2.32. The van der Waals surface area contributed by atoms with Gasteiger partial charge in [0.2, 0.25) is 0 Å². The number of nitrogens with zero attached hydrogens (tertiary/aromatic N) is 1. The van der Waals surface area contributed by atoms with E-state index in [2.05, 4.69) is 45.3 Å². The Balaban J connectivity index is 1.96. The molecule has 96 valence electrons. The SMILES string of the molecule is Cc1ccc2nc(Nc3ccc(Br)cc3Cl)sc2c1. The lowest BCUT2D eigenvalue weighted by atomic mass is 10.2. The topological polar surface area (TPSA) is 24.9 Å². The summed E-state index contributed by atoms with van der Waals surface area (Å²) < 4.78 is 2.14. The lowest BCUT2D eigenvalue weighted by Gasteiger charge is -2.04. The first-order chi connectivity index (χ1) is 9.11. The molecule has 1 aromatic heterocycles. The molecule has 0 aliphatic heterocycles. The summed E-state index contributed by atoms with van der Waals surface area (Å²) in [6.45, 7) is 2.08. The van der Waals surface area contributed by atoms with Crippen molar-refractivity contribution >= 4 is 59.9 Å². The molecule has 0 saturated carbocycles. The molecule has 3 aromatic rings. The first-order valence-corrected chi connectivity index (χ1v) is 7.70. The lowest BCUT2D eigenvalue weighted by Crippen LogP contribution is -1.89. The summed E-state index contributed by atoms with van der Waals surface area (Å²) in [6, 6.07) is 12.0. The van der Waals surface area contributed by atoms with Crippen LogP contribution >= 0.6 is 38.9 Å². The summed E-state index contributed by atoms with van der Waals surface area (Å²) in [4.78, 5) is 4.55. The molecule has 2 nitrogen and oxygen atoms in total. The average Bonchev–Trinajstić information content (AvgIpc) is 2.74. The van der Waals surface area contributed by atoms with Crippen LogP contribution in [0, 0.1) is 6.92 Å². The van der Waals surface area contributed by atoms with Crippen LogP contribution in [0.4, 0.5) is 10.8 Å². The maximum atomic E-state index is 6.19. The van der Waals surface area contributed by atoms with E-state index in [4.69, 9.17) is 11.6 Å². The zero-order chi connectivity index (χ0) is 13.4. The van der Waals surface area contributed by atoms with Crippen LogP contribution < -0.4 is 5.32 Å². The Morgan fingerprint density at radius 3 is 2.84 bits per heavy atom. The van der Waals surface area contributed by atoms with Gasteiger partial charge in [0, 0.05) is 4.47 Å². The van der Waals surface area contributed by atoms with E-state index in [1.807, 2.05) is 24.3 Å². The molecule has 0 aliphatic rings. The van der Waals surface area contributed by atoms with Crippen molar-refractivity contribution in [2.24, 2.45) is 0 Å². The maximum absolute atomic E-state index is 6.19. The Bertz CT molecular complexity index is 754. The van der Waals surface area contributed by atoms with Crippen molar-refractivity contribution in [3.63, 3.8) is 0 Å². The van der Waals surface area contributed by atoms with E-state index >= 15 is 0 Å². The maximum Gasteiger partial charge on any atom is 0.188 e.